The SMILES string of the molecule is COc1ccc(N2CC3CC2CN3c2ccnc3[nH]c4ccc(CS(=O)(=O)c5cccs5)cc4c23)cc1. The van der Waals surface area contributed by atoms with Gasteiger partial charge >= 0.3 is 0 Å². The minimum absolute atomic E-state index is 0.0169. The molecule has 0 amide bonds. The second-order valence-corrected chi connectivity index (χ2v) is 13.0. The number of ether oxygens (including phenoxy) is 1. The van der Waals surface area contributed by atoms with Crippen molar-refractivity contribution in [3.8, 4) is 5.75 Å². The van der Waals surface area contributed by atoms with Gasteiger partial charge in [0.05, 0.1) is 18.6 Å². The Morgan fingerprint density at radius 1 is 1.05 bits per heavy atom. The number of rotatable bonds is 6. The zero-order valence-electron chi connectivity index (χ0n) is 20.3. The van der Waals surface area contributed by atoms with Gasteiger partial charge in [0.1, 0.15) is 15.6 Å². The van der Waals surface area contributed by atoms with Crippen LogP contribution in [0.25, 0.3) is 21.9 Å². The Kier molecular flexibility index (Phi) is 5.19. The fourth-order valence-electron chi connectivity index (χ4n) is 5.96. The van der Waals surface area contributed by atoms with Crippen molar-refractivity contribution in [3.05, 3.63) is 77.8 Å². The molecular formula is C28H26N4O3S2. The lowest BCUT2D eigenvalue weighted by Crippen LogP contribution is -2.46. The molecule has 0 aliphatic carbocycles. The summed E-state index contributed by atoms with van der Waals surface area (Å²) in [5, 5.41) is 3.89. The summed E-state index contributed by atoms with van der Waals surface area (Å²) in [4.78, 5) is 13.1. The number of sulfone groups is 1. The highest BCUT2D eigenvalue weighted by molar-refractivity contribution is 7.92. The Morgan fingerprint density at radius 2 is 1.86 bits per heavy atom. The van der Waals surface area contributed by atoms with E-state index in [2.05, 4.69) is 38.0 Å². The molecule has 188 valence electrons. The predicted molar refractivity (Wildman–Crippen MR) is 149 cm³/mol. The van der Waals surface area contributed by atoms with Crippen LogP contribution in [-0.2, 0) is 15.6 Å². The molecule has 2 aliphatic heterocycles. The van der Waals surface area contributed by atoms with Crippen molar-refractivity contribution in [1.29, 1.82) is 0 Å². The molecule has 0 spiro atoms. The molecule has 1 N–H and O–H groups in total. The number of hydrogen-bond donors (Lipinski definition) is 1. The first kappa shape index (κ1) is 22.6. The van der Waals surface area contributed by atoms with Gasteiger partial charge in [-0.1, -0.05) is 12.1 Å². The molecule has 2 fully saturated rings. The third-order valence-corrected chi connectivity index (χ3v) is 10.8. The van der Waals surface area contributed by atoms with Crippen molar-refractivity contribution >= 4 is 54.5 Å². The van der Waals surface area contributed by atoms with Crippen LogP contribution in [0.2, 0.25) is 0 Å². The Morgan fingerprint density at radius 3 is 2.59 bits per heavy atom. The predicted octanol–water partition coefficient (Wildman–Crippen LogP) is 5.23. The highest BCUT2D eigenvalue weighted by Crippen LogP contribution is 2.42. The molecule has 2 atom stereocenters. The lowest BCUT2D eigenvalue weighted by Gasteiger charge is -2.37. The molecule has 2 unspecified atom stereocenters. The van der Waals surface area contributed by atoms with Crippen molar-refractivity contribution in [2.75, 3.05) is 30.0 Å². The topological polar surface area (TPSA) is 78.5 Å². The Hall–Kier alpha value is -3.56. The fourth-order valence-corrected chi connectivity index (χ4v) is 8.38. The molecule has 2 bridgehead atoms. The van der Waals surface area contributed by atoms with Crippen molar-refractivity contribution < 1.29 is 13.2 Å². The Labute approximate surface area is 219 Å². The summed E-state index contributed by atoms with van der Waals surface area (Å²) in [5.41, 5.74) is 4.98. The summed E-state index contributed by atoms with van der Waals surface area (Å²) in [6, 6.07) is 20.6. The lowest BCUT2D eigenvalue weighted by atomic mass is 10.1. The van der Waals surface area contributed by atoms with Gasteiger partial charge < -0.3 is 19.5 Å². The molecule has 7 nitrogen and oxygen atoms in total. The number of nitrogens with one attached hydrogen (secondary N) is 1. The number of piperazine rings is 1. The zero-order valence-corrected chi connectivity index (χ0v) is 21.9. The van der Waals surface area contributed by atoms with Gasteiger partial charge in [-0.25, -0.2) is 13.4 Å². The molecule has 0 saturated carbocycles. The van der Waals surface area contributed by atoms with Crippen molar-refractivity contribution in [3.63, 3.8) is 0 Å². The molecule has 3 aromatic heterocycles. The molecular weight excluding hydrogens is 504 g/mol. The van der Waals surface area contributed by atoms with Crippen LogP contribution in [0.3, 0.4) is 0 Å². The number of methoxy groups -OCH3 is 1. The summed E-state index contributed by atoms with van der Waals surface area (Å²) in [6.45, 7) is 1.91. The van der Waals surface area contributed by atoms with E-state index < -0.39 is 9.84 Å². The summed E-state index contributed by atoms with van der Waals surface area (Å²) >= 11 is 1.26. The van der Waals surface area contributed by atoms with Gasteiger partial charge in [0.25, 0.3) is 0 Å². The van der Waals surface area contributed by atoms with Crippen LogP contribution < -0.4 is 14.5 Å². The van der Waals surface area contributed by atoms with Crippen LogP contribution in [0.5, 0.6) is 5.75 Å². The Bertz CT molecular complexity index is 1710. The van der Waals surface area contributed by atoms with E-state index in [-0.39, 0.29) is 5.75 Å². The minimum atomic E-state index is -3.38. The monoisotopic (exact) mass is 530 g/mol. The van der Waals surface area contributed by atoms with Gasteiger partial charge in [-0.15, -0.1) is 11.3 Å². The van der Waals surface area contributed by atoms with Gasteiger partial charge in [-0.05, 0) is 65.9 Å². The number of thiophene rings is 1. The summed E-state index contributed by atoms with van der Waals surface area (Å²) < 4.78 is 31.6. The van der Waals surface area contributed by atoms with E-state index in [0.29, 0.717) is 16.3 Å². The second kappa shape index (κ2) is 8.49. The normalized spacial score (nSPS) is 19.4. The number of anilines is 2. The number of aromatic nitrogens is 2. The van der Waals surface area contributed by atoms with Crippen molar-refractivity contribution in [2.24, 2.45) is 0 Å². The van der Waals surface area contributed by atoms with E-state index in [9.17, 15) is 8.42 Å². The Balaban J connectivity index is 1.22. The fraction of sp³-hybridized carbons (Fsp3) is 0.250. The standard InChI is InChI=1S/C28H26N4O3S2/c1-35-22-7-5-19(6-8-22)31-15-21-14-20(31)16-32(21)25-10-11-29-28-27(25)23-13-18(4-9-24(23)30-28)17-37(33,34)26-3-2-12-36-26/h2-13,20-21H,14-17H2,1H3,(H,29,30). The minimum Gasteiger partial charge on any atom is -0.497 e. The van der Waals surface area contributed by atoms with E-state index in [4.69, 9.17) is 4.74 Å². The molecule has 0 radical (unpaired) electrons. The van der Waals surface area contributed by atoms with E-state index in [1.807, 2.05) is 36.5 Å². The molecule has 7 rings (SSSR count). The number of nitrogens with zero attached hydrogens (tertiary/aromatic N) is 3. The van der Waals surface area contributed by atoms with Gasteiger partial charge in [0.15, 0.2) is 9.84 Å². The number of fused-ring (bicyclic) bond motifs is 5. The molecule has 5 aromatic rings. The van der Waals surface area contributed by atoms with Crippen LogP contribution in [0.4, 0.5) is 11.4 Å². The molecule has 2 saturated heterocycles. The summed E-state index contributed by atoms with van der Waals surface area (Å²) in [6.07, 6.45) is 2.98. The smallest absolute Gasteiger partial charge is 0.191 e. The first-order valence-corrected chi connectivity index (χ1v) is 14.9. The van der Waals surface area contributed by atoms with Gasteiger partial charge in [-0.3, -0.25) is 0 Å². The van der Waals surface area contributed by atoms with Crippen molar-refractivity contribution in [1.82, 2.24) is 9.97 Å². The summed E-state index contributed by atoms with van der Waals surface area (Å²) in [7, 11) is -1.68. The zero-order chi connectivity index (χ0) is 25.1. The highest BCUT2D eigenvalue weighted by atomic mass is 32.2. The number of H-pyrrole nitrogens is 1. The van der Waals surface area contributed by atoms with Crippen molar-refractivity contribution in [2.45, 2.75) is 28.5 Å². The number of benzene rings is 2. The average Bonchev–Trinajstić information content (AvgIpc) is 3.71. The van der Waals surface area contributed by atoms with Crippen LogP contribution in [0.15, 0.2) is 76.4 Å². The third-order valence-electron chi connectivity index (χ3n) is 7.65. The van der Waals surface area contributed by atoms with Gasteiger partial charge in [-0.2, -0.15) is 0 Å². The summed E-state index contributed by atoms with van der Waals surface area (Å²) in [5.74, 6) is 0.854. The average molecular weight is 531 g/mol. The van der Waals surface area contributed by atoms with E-state index in [1.54, 1.807) is 24.6 Å². The highest BCUT2D eigenvalue weighted by Gasteiger charge is 2.44. The third kappa shape index (κ3) is 3.76. The van der Waals surface area contributed by atoms with Crippen LogP contribution >= 0.6 is 11.3 Å². The lowest BCUT2D eigenvalue weighted by molar-refractivity contribution is 0.415. The second-order valence-electron chi connectivity index (χ2n) is 9.80. The quantitative estimate of drug-likeness (QED) is 0.324. The number of hydrogen-bond acceptors (Lipinski definition) is 7. The van der Waals surface area contributed by atoms with E-state index in [0.717, 1.165) is 58.4 Å². The van der Waals surface area contributed by atoms with E-state index in [1.165, 1.54) is 17.0 Å². The molecule has 5 heterocycles. The molecule has 2 aliphatic rings. The van der Waals surface area contributed by atoms with Crippen LogP contribution in [0.1, 0.15) is 12.0 Å². The first-order valence-electron chi connectivity index (χ1n) is 12.3. The van der Waals surface area contributed by atoms with Crippen LogP contribution in [-0.4, -0.2) is 50.7 Å². The van der Waals surface area contributed by atoms with Crippen LogP contribution in [0, 0.1) is 0 Å². The molecule has 37 heavy (non-hydrogen) atoms. The number of pyridine rings is 1. The maximum Gasteiger partial charge on any atom is 0.191 e. The maximum absolute atomic E-state index is 12.9. The van der Waals surface area contributed by atoms with E-state index >= 15 is 0 Å². The molecule has 2 aromatic carbocycles. The molecule has 9 heteroatoms. The van der Waals surface area contributed by atoms with Gasteiger partial charge in [0, 0.05) is 53.3 Å². The largest absolute Gasteiger partial charge is 0.497 e. The maximum atomic E-state index is 12.9. The number of aromatic amines is 1. The first-order chi connectivity index (χ1) is 18.0. The van der Waals surface area contributed by atoms with Gasteiger partial charge in [0.2, 0.25) is 0 Å².